The van der Waals surface area contributed by atoms with Crippen LogP contribution in [0.3, 0.4) is 0 Å². The Morgan fingerprint density at radius 1 is 1.15 bits per heavy atom. The standard InChI is InChI=1S/C17H17ClN6O3.C4H6O2/c1-22-6-8-23(9-7-22)17(26)27-16-14-13(19-4-5-20-14)15(25)24(16)12-3-2-11(18)10-21-12;1-2-3-4(5)6/h2-5,10,16H,6-9H2,1H3;2-3H,1H3,(H,5,6)/b;3-2-. The van der Waals surface area contributed by atoms with Gasteiger partial charge in [0.25, 0.3) is 5.91 Å². The molecular weight excluding hydrogens is 452 g/mol. The monoisotopic (exact) mass is 474 g/mol. The van der Waals surface area contributed by atoms with Crippen LogP contribution in [0.5, 0.6) is 0 Å². The molecule has 4 rings (SSSR count). The minimum atomic E-state index is -1.03. The van der Waals surface area contributed by atoms with Crippen molar-refractivity contribution in [1.82, 2.24) is 24.8 Å². The number of nitrogens with zero attached hydrogens (tertiary/aromatic N) is 6. The second-order valence-electron chi connectivity index (χ2n) is 7.16. The van der Waals surface area contributed by atoms with Crippen LogP contribution in [0.25, 0.3) is 0 Å². The number of carbonyl (C=O) groups excluding carboxylic acids is 2. The number of pyridine rings is 1. The molecule has 0 bridgehead atoms. The van der Waals surface area contributed by atoms with Crippen LogP contribution >= 0.6 is 11.6 Å². The van der Waals surface area contributed by atoms with E-state index in [0.717, 1.165) is 19.2 Å². The molecule has 2 aliphatic rings. The molecule has 33 heavy (non-hydrogen) atoms. The molecule has 1 saturated heterocycles. The lowest BCUT2D eigenvalue weighted by molar-refractivity contribution is -0.131. The molecule has 1 atom stereocenters. The van der Waals surface area contributed by atoms with E-state index < -0.39 is 24.2 Å². The summed E-state index contributed by atoms with van der Waals surface area (Å²) in [5.41, 5.74) is 0.437. The van der Waals surface area contributed by atoms with Crippen LogP contribution in [0.4, 0.5) is 10.6 Å². The van der Waals surface area contributed by atoms with Crippen molar-refractivity contribution in [1.29, 1.82) is 0 Å². The summed E-state index contributed by atoms with van der Waals surface area (Å²) in [5.74, 6) is -1.01. The minimum absolute atomic E-state index is 0.144. The van der Waals surface area contributed by atoms with Crippen molar-refractivity contribution in [2.45, 2.75) is 13.2 Å². The van der Waals surface area contributed by atoms with Crippen LogP contribution in [-0.2, 0) is 9.53 Å². The number of anilines is 1. The molecule has 2 amide bonds. The van der Waals surface area contributed by atoms with Gasteiger partial charge in [-0.1, -0.05) is 17.7 Å². The predicted molar refractivity (Wildman–Crippen MR) is 119 cm³/mol. The normalized spacial score (nSPS) is 18.0. The number of carbonyl (C=O) groups is 3. The summed E-state index contributed by atoms with van der Waals surface area (Å²) in [7, 11) is 2.00. The van der Waals surface area contributed by atoms with Gasteiger partial charge in [-0.25, -0.2) is 24.5 Å². The van der Waals surface area contributed by atoms with Crippen LogP contribution in [0.1, 0.15) is 29.3 Å². The number of aromatic nitrogens is 3. The molecule has 0 spiro atoms. The molecule has 2 aromatic heterocycles. The molecule has 0 radical (unpaired) electrons. The number of halogens is 1. The minimum Gasteiger partial charge on any atom is -0.478 e. The quantitative estimate of drug-likeness (QED) is 0.665. The highest BCUT2D eigenvalue weighted by molar-refractivity contribution is 6.30. The number of ether oxygens (including phenoxy) is 1. The van der Waals surface area contributed by atoms with Crippen LogP contribution in [0, 0.1) is 0 Å². The lowest BCUT2D eigenvalue weighted by Gasteiger charge is -2.33. The largest absolute Gasteiger partial charge is 0.478 e. The van der Waals surface area contributed by atoms with Gasteiger partial charge in [-0.2, -0.15) is 0 Å². The van der Waals surface area contributed by atoms with Crippen molar-refractivity contribution in [3.8, 4) is 0 Å². The number of fused-ring (bicyclic) bond motifs is 1. The fraction of sp³-hybridized carbons (Fsp3) is 0.333. The van der Waals surface area contributed by atoms with Crippen molar-refractivity contribution in [3.05, 3.63) is 59.3 Å². The van der Waals surface area contributed by atoms with E-state index in [1.54, 1.807) is 24.0 Å². The van der Waals surface area contributed by atoms with Crippen molar-refractivity contribution < 1.29 is 24.2 Å². The molecule has 4 heterocycles. The van der Waals surface area contributed by atoms with E-state index >= 15 is 0 Å². The first-order valence-corrected chi connectivity index (χ1v) is 10.5. The van der Waals surface area contributed by atoms with E-state index in [1.165, 1.54) is 29.6 Å². The first kappa shape index (κ1) is 24.1. The second-order valence-corrected chi connectivity index (χ2v) is 7.60. The van der Waals surface area contributed by atoms with Crippen molar-refractivity contribution in [3.63, 3.8) is 0 Å². The first-order valence-electron chi connectivity index (χ1n) is 10.1. The molecule has 1 unspecified atom stereocenters. The zero-order valence-electron chi connectivity index (χ0n) is 18.1. The molecular formula is C21H23ClN6O5. The topological polar surface area (TPSA) is 129 Å². The summed E-state index contributed by atoms with van der Waals surface area (Å²) in [6.45, 7) is 4.30. The van der Waals surface area contributed by atoms with Gasteiger partial charge in [0, 0.05) is 50.8 Å². The van der Waals surface area contributed by atoms with Gasteiger partial charge in [0.2, 0.25) is 6.23 Å². The number of rotatable bonds is 3. The number of carboxylic acid groups (broad SMARTS) is 1. The maximum atomic E-state index is 12.8. The first-order chi connectivity index (χ1) is 15.8. The number of hydrogen-bond acceptors (Lipinski definition) is 8. The second kappa shape index (κ2) is 10.8. The molecule has 1 N–H and O–H groups in total. The number of likely N-dealkylation sites (N-methyl/N-ethyl adjacent to an activating group) is 1. The number of piperazine rings is 1. The fourth-order valence-electron chi connectivity index (χ4n) is 3.18. The number of carboxylic acids is 1. The Morgan fingerprint density at radius 3 is 2.42 bits per heavy atom. The highest BCUT2D eigenvalue weighted by Crippen LogP contribution is 2.35. The van der Waals surface area contributed by atoms with Crippen LogP contribution in [-0.4, -0.2) is 81.1 Å². The Balaban J connectivity index is 0.000000454. The van der Waals surface area contributed by atoms with Crippen LogP contribution in [0.15, 0.2) is 42.9 Å². The average Bonchev–Trinajstić information content (AvgIpc) is 3.07. The molecule has 1 fully saturated rings. The Labute approximate surface area is 195 Å². The van der Waals surface area contributed by atoms with E-state index in [0.29, 0.717) is 29.6 Å². The van der Waals surface area contributed by atoms with Crippen LogP contribution < -0.4 is 4.90 Å². The third-order valence-corrected chi connectivity index (χ3v) is 5.08. The highest BCUT2D eigenvalue weighted by Gasteiger charge is 2.44. The van der Waals surface area contributed by atoms with E-state index in [2.05, 4.69) is 19.9 Å². The third kappa shape index (κ3) is 5.82. The Hall–Kier alpha value is -3.57. The van der Waals surface area contributed by atoms with E-state index in [4.69, 9.17) is 21.4 Å². The van der Waals surface area contributed by atoms with Gasteiger partial charge in [0.15, 0.2) is 5.69 Å². The fourth-order valence-corrected chi connectivity index (χ4v) is 3.29. The summed E-state index contributed by atoms with van der Waals surface area (Å²) in [4.78, 5) is 52.5. The Morgan fingerprint density at radius 2 is 1.85 bits per heavy atom. The number of allylic oxidation sites excluding steroid dienone is 1. The predicted octanol–water partition coefficient (Wildman–Crippen LogP) is 2.22. The molecule has 11 nitrogen and oxygen atoms in total. The third-order valence-electron chi connectivity index (χ3n) is 4.86. The molecule has 0 aliphatic carbocycles. The molecule has 0 aromatic carbocycles. The maximum Gasteiger partial charge on any atom is 0.412 e. The Bertz CT molecular complexity index is 1040. The lowest BCUT2D eigenvalue weighted by atomic mass is 10.3. The maximum absolute atomic E-state index is 12.8. The molecule has 12 heteroatoms. The van der Waals surface area contributed by atoms with Gasteiger partial charge in [0.05, 0.1) is 5.02 Å². The summed E-state index contributed by atoms with van der Waals surface area (Å²) in [6, 6.07) is 3.20. The average molecular weight is 475 g/mol. The summed E-state index contributed by atoms with van der Waals surface area (Å²) >= 11 is 5.89. The van der Waals surface area contributed by atoms with Crippen molar-refractivity contribution in [2.75, 3.05) is 38.1 Å². The van der Waals surface area contributed by atoms with Crippen molar-refractivity contribution in [2.24, 2.45) is 0 Å². The van der Waals surface area contributed by atoms with Gasteiger partial charge < -0.3 is 19.6 Å². The smallest absolute Gasteiger partial charge is 0.412 e. The SMILES string of the molecule is C/C=C\C(=O)O.CN1CCN(C(=O)OC2c3nccnc3C(=O)N2c2ccc(Cl)cn2)CC1. The number of aliphatic carboxylic acids is 1. The molecule has 174 valence electrons. The van der Waals surface area contributed by atoms with Crippen LogP contribution in [0.2, 0.25) is 5.02 Å². The van der Waals surface area contributed by atoms with Gasteiger partial charge in [-0.3, -0.25) is 9.78 Å². The zero-order valence-corrected chi connectivity index (χ0v) is 18.8. The lowest BCUT2D eigenvalue weighted by Crippen LogP contribution is -2.48. The van der Waals surface area contributed by atoms with Crippen molar-refractivity contribution >= 4 is 35.4 Å². The number of amides is 2. The van der Waals surface area contributed by atoms with E-state index in [-0.39, 0.29) is 5.69 Å². The zero-order chi connectivity index (χ0) is 24.0. The Kier molecular flexibility index (Phi) is 7.91. The summed E-state index contributed by atoms with van der Waals surface area (Å²) in [6.07, 6.45) is 5.34. The van der Waals surface area contributed by atoms with E-state index in [1.807, 2.05) is 7.05 Å². The highest BCUT2D eigenvalue weighted by atomic mass is 35.5. The van der Waals surface area contributed by atoms with Gasteiger partial charge >= 0.3 is 12.1 Å². The van der Waals surface area contributed by atoms with Gasteiger partial charge in [-0.05, 0) is 26.1 Å². The summed E-state index contributed by atoms with van der Waals surface area (Å²) < 4.78 is 5.68. The summed E-state index contributed by atoms with van der Waals surface area (Å²) in [5, 5.41) is 8.26. The van der Waals surface area contributed by atoms with Gasteiger partial charge in [-0.15, -0.1) is 0 Å². The number of hydrogen-bond donors (Lipinski definition) is 1. The van der Waals surface area contributed by atoms with E-state index in [9.17, 15) is 14.4 Å². The molecule has 0 saturated carbocycles. The molecule has 2 aromatic rings. The van der Waals surface area contributed by atoms with Gasteiger partial charge in [0.1, 0.15) is 11.5 Å². The molecule has 2 aliphatic heterocycles.